The minimum absolute atomic E-state index is 0.0768. The number of pyridine rings is 1. The van der Waals surface area contributed by atoms with Crippen molar-refractivity contribution in [1.82, 2.24) is 10.3 Å². The zero-order chi connectivity index (χ0) is 28.6. The summed E-state index contributed by atoms with van der Waals surface area (Å²) in [4.78, 5) is 40.7. The second-order valence-electron chi connectivity index (χ2n) is 9.44. The Balaban J connectivity index is 1.54. The molecule has 1 aromatic heterocycles. The molecule has 1 fully saturated rings. The monoisotopic (exact) mass is 551 g/mol. The van der Waals surface area contributed by atoms with Crippen LogP contribution < -0.4 is 20.5 Å². The van der Waals surface area contributed by atoms with Crippen molar-refractivity contribution in [1.29, 1.82) is 0 Å². The van der Waals surface area contributed by atoms with E-state index in [1.165, 1.54) is 19.2 Å². The zero-order valence-electron chi connectivity index (χ0n) is 21.9. The van der Waals surface area contributed by atoms with E-state index >= 15 is 0 Å². The predicted molar refractivity (Wildman–Crippen MR) is 142 cm³/mol. The first kappa shape index (κ1) is 28.5. The Kier molecular flexibility index (Phi) is 9.28. The number of esters is 1. The Morgan fingerprint density at radius 1 is 1.15 bits per heavy atom. The zero-order valence-corrected chi connectivity index (χ0v) is 21.9. The Morgan fingerprint density at radius 3 is 2.62 bits per heavy atom. The first-order valence-electron chi connectivity index (χ1n) is 12.7. The lowest BCUT2D eigenvalue weighted by atomic mass is 10.0. The quantitative estimate of drug-likeness (QED) is 0.271. The number of methoxy groups -OCH3 is 1. The number of carbonyl (C=O) groups excluding carboxylic acids is 2. The summed E-state index contributed by atoms with van der Waals surface area (Å²) >= 11 is 0. The average Bonchev–Trinajstić information content (AvgIpc) is 3.78. The molecule has 4 N–H and O–H groups in total. The summed E-state index contributed by atoms with van der Waals surface area (Å²) < 4.78 is 30.2. The van der Waals surface area contributed by atoms with E-state index in [0.717, 1.165) is 12.8 Å². The van der Waals surface area contributed by atoms with Gasteiger partial charge in [0.05, 0.1) is 31.4 Å². The molecule has 1 saturated carbocycles. The Bertz CT molecular complexity index is 1390. The van der Waals surface area contributed by atoms with Crippen LogP contribution in [0.4, 0.5) is 4.39 Å². The first-order chi connectivity index (χ1) is 19.2. The molecule has 1 unspecified atom stereocenters. The largest absolute Gasteiger partial charge is 0.494 e. The van der Waals surface area contributed by atoms with Crippen molar-refractivity contribution in [2.75, 3.05) is 13.7 Å². The van der Waals surface area contributed by atoms with Crippen LogP contribution in [-0.4, -0.2) is 47.7 Å². The van der Waals surface area contributed by atoms with Crippen LogP contribution in [0, 0.1) is 11.7 Å². The van der Waals surface area contributed by atoms with Gasteiger partial charge in [-0.15, -0.1) is 0 Å². The first-order valence-corrected chi connectivity index (χ1v) is 12.7. The number of nitrogens with two attached hydrogens (primary N) is 1. The third-order valence-corrected chi connectivity index (χ3v) is 6.30. The number of hydrogen-bond acceptors (Lipinski definition) is 8. The number of aliphatic carboxylic acids is 1. The molecule has 3 aromatic rings. The number of ether oxygens (including phenoxy) is 3. The maximum Gasteiger partial charge on any atom is 0.323 e. The maximum absolute atomic E-state index is 14.1. The summed E-state index contributed by atoms with van der Waals surface area (Å²) in [5.41, 5.74) is 7.98. The molecule has 0 radical (unpaired) electrons. The number of hydrogen-bond donors (Lipinski definition) is 3. The van der Waals surface area contributed by atoms with Gasteiger partial charge in [-0.2, -0.15) is 0 Å². The predicted octanol–water partition coefficient (Wildman–Crippen LogP) is 3.46. The van der Waals surface area contributed by atoms with Gasteiger partial charge in [-0.25, -0.2) is 4.39 Å². The van der Waals surface area contributed by atoms with Crippen molar-refractivity contribution < 1.29 is 38.1 Å². The molecule has 11 heteroatoms. The molecule has 210 valence electrons. The maximum atomic E-state index is 14.1. The summed E-state index contributed by atoms with van der Waals surface area (Å²) in [5.74, 6) is -2.04. The third kappa shape index (κ3) is 7.54. The van der Waals surface area contributed by atoms with E-state index in [0.29, 0.717) is 40.7 Å². The highest BCUT2D eigenvalue weighted by Gasteiger charge is 2.24. The molecule has 0 saturated heterocycles. The number of carboxylic acid groups (broad SMARTS) is 1. The molecule has 2 aromatic carbocycles. The Morgan fingerprint density at radius 2 is 1.93 bits per heavy atom. The van der Waals surface area contributed by atoms with Crippen LogP contribution in [0.5, 0.6) is 11.5 Å². The fourth-order valence-electron chi connectivity index (χ4n) is 3.91. The summed E-state index contributed by atoms with van der Waals surface area (Å²) in [6.07, 6.45) is 3.17. The van der Waals surface area contributed by atoms with Gasteiger partial charge in [0.15, 0.2) is 11.6 Å². The number of benzene rings is 2. The van der Waals surface area contributed by atoms with Crippen LogP contribution in [0.25, 0.3) is 11.3 Å². The highest BCUT2D eigenvalue weighted by atomic mass is 19.1. The number of carboxylic acids is 1. The fourth-order valence-corrected chi connectivity index (χ4v) is 3.91. The third-order valence-electron chi connectivity index (χ3n) is 6.30. The van der Waals surface area contributed by atoms with Gasteiger partial charge in [-0.05, 0) is 60.7 Å². The lowest BCUT2D eigenvalue weighted by Gasteiger charge is -2.15. The lowest BCUT2D eigenvalue weighted by molar-refractivity contribution is -0.150. The molecule has 0 aliphatic heterocycles. The molecule has 1 aliphatic carbocycles. The minimum atomic E-state index is -1.30. The summed E-state index contributed by atoms with van der Waals surface area (Å²) in [5, 5.41) is 11.7. The van der Waals surface area contributed by atoms with Gasteiger partial charge < -0.3 is 30.4 Å². The van der Waals surface area contributed by atoms with E-state index in [-0.39, 0.29) is 24.5 Å². The van der Waals surface area contributed by atoms with Crippen molar-refractivity contribution in [3.05, 3.63) is 77.2 Å². The molecule has 1 aliphatic rings. The van der Waals surface area contributed by atoms with Gasteiger partial charge in [0.2, 0.25) is 0 Å². The standard InChI is InChI=1S/C29H30FN3O7/c1-38-25-8-6-18(11-22(25)30)14-33-28(36)21-12-19(7-9-24(21)39-15-17-4-5-17)27-20(3-2-10-32-27)16-40-29(37)23(31)13-26(34)35/h2-3,6-12,17,23H,4-5,13-16,31H2,1H3,(H,33,36)(H,34,35). The second kappa shape index (κ2) is 13.0. The highest BCUT2D eigenvalue weighted by Crippen LogP contribution is 2.32. The van der Waals surface area contributed by atoms with Gasteiger partial charge in [-0.3, -0.25) is 19.4 Å². The van der Waals surface area contributed by atoms with E-state index in [2.05, 4.69) is 10.3 Å². The number of carbonyl (C=O) groups is 3. The molecule has 4 rings (SSSR count). The van der Waals surface area contributed by atoms with Crippen LogP contribution in [0.3, 0.4) is 0 Å². The smallest absolute Gasteiger partial charge is 0.323 e. The topological polar surface area (TPSA) is 150 Å². The SMILES string of the molecule is COc1ccc(CNC(=O)c2cc(-c3ncccc3COC(=O)C(N)CC(=O)O)ccc2OCC2CC2)cc1F. The number of halogens is 1. The van der Waals surface area contributed by atoms with Crippen LogP contribution in [-0.2, 0) is 27.5 Å². The average molecular weight is 552 g/mol. The number of aromatic nitrogens is 1. The summed E-state index contributed by atoms with van der Waals surface area (Å²) in [6.45, 7) is 0.373. The summed E-state index contributed by atoms with van der Waals surface area (Å²) in [7, 11) is 1.38. The van der Waals surface area contributed by atoms with Gasteiger partial charge in [-0.1, -0.05) is 12.1 Å². The molecule has 40 heavy (non-hydrogen) atoms. The van der Waals surface area contributed by atoms with E-state index in [1.807, 2.05) is 0 Å². The van der Waals surface area contributed by atoms with Gasteiger partial charge in [0.25, 0.3) is 5.91 Å². The minimum Gasteiger partial charge on any atom is -0.494 e. The van der Waals surface area contributed by atoms with Crippen LogP contribution in [0.2, 0.25) is 0 Å². The van der Waals surface area contributed by atoms with Gasteiger partial charge >= 0.3 is 11.9 Å². The van der Waals surface area contributed by atoms with Crippen molar-refractivity contribution in [3.63, 3.8) is 0 Å². The van der Waals surface area contributed by atoms with E-state index in [4.69, 9.17) is 25.1 Å². The van der Waals surface area contributed by atoms with Crippen molar-refractivity contribution in [2.24, 2.45) is 11.7 Å². The molecule has 0 bridgehead atoms. The Hall–Kier alpha value is -4.51. The normalized spacial score (nSPS) is 13.3. The van der Waals surface area contributed by atoms with E-state index < -0.39 is 36.1 Å². The number of rotatable bonds is 13. The summed E-state index contributed by atoms with van der Waals surface area (Å²) in [6, 6.07) is 11.6. The van der Waals surface area contributed by atoms with Crippen LogP contribution in [0.1, 0.15) is 40.7 Å². The molecule has 0 spiro atoms. The molecule has 1 heterocycles. The lowest BCUT2D eigenvalue weighted by Crippen LogP contribution is -2.34. The Labute approximate surface area is 230 Å². The molecule has 1 atom stereocenters. The van der Waals surface area contributed by atoms with Crippen LogP contribution >= 0.6 is 0 Å². The van der Waals surface area contributed by atoms with Gasteiger partial charge in [0.1, 0.15) is 18.4 Å². The number of amides is 1. The number of nitrogens with one attached hydrogen (secondary N) is 1. The van der Waals surface area contributed by atoms with E-state index in [9.17, 15) is 18.8 Å². The molecule has 10 nitrogen and oxygen atoms in total. The van der Waals surface area contributed by atoms with Crippen LogP contribution in [0.15, 0.2) is 54.7 Å². The molecular formula is C29H30FN3O7. The molecule has 1 amide bonds. The molecular weight excluding hydrogens is 521 g/mol. The highest BCUT2D eigenvalue weighted by molar-refractivity contribution is 5.98. The van der Waals surface area contributed by atoms with Gasteiger partial charge in [0, 0.05) is 23.9 Å². The fraction of sp³-hybridized carbons (Fsp3) is 0.310. The number of nitrogens with zero attached hydrogens (tertiary/aromatic N) is 1. The van der Waals surface area contributed by atoms with E-state index in [1.54, 1.807) is 42.6 Å². The van der Waals surface area contributed by atoms with Crippen molar-refractivity contribution >= 4 is 17.8 Å². The second-order valence-corrected chi connectivity index (χ2v) is 9.44. The van der Waals surface area contributed by atoms with Crippen molar-refractivity contribution in [2.45, 2.75) is 38.5 Å². The van der Waals surface area contributed by atoms with Crippen molar-refractivity contribution in [3.8, 4) is 22.8 Å².